The molecule has 0 saturated carbocycles. The molecule has 6 heteroatoms. The van der Waals surface area contributed by atoms with Crippen molar-refractivity contribution in [3.63, 3.8) is 0 Å². The SMILES string of the molecule is O=C(CN1CCN(C(=O)C2CCCNC2)CC1)N1CCCCCC1. The van der Waals surface area contributed by atoms with E-state index < -0.39 is 0 Å². The fourth-order valence-corrected chi connectivity index (χ4v) is 4.06. The topological polar surface area (TPSA) is 55.9 Å². The molecule has 24 heavy (non-hydrogen) atoms. The van der Waals surface area contributed by atoms with Crippen LogP contribution in [0.25, 0.3) is 0 Å². The lowest BCUT2D eigenvalue weighted by atomic mass is 9.98. The van der Waals surface area contributed by atoms with Crippen LogP contribution < -0.4 is 5.32 Å². The van der Waals surface area contributed by atoms with E-state index in [0.717, 1.165) is 78.0 Å². The van der Waals surface area contributed by atoms with E-state index in [2.05, 4.69) is 10.2 Å². The summed E-state index contributed by atoms with van der Waals surface area (Å²) in [6.07, 6.45) is 6.90. The molecule has 0 aromatic heterocycles. The molecule has 0 spiro atoms. The molecule has 1 unspecified atom stereocenters. The van der Waals surface area contributed by atoms with Crippen molar-refractivity contribution in [1.82, 2.24) is 20.0 Å². The molecule has 0 bridgehead atoms. The normalized spacial score (nSPS) is 26.9. The summed E-state index contributed by atoms with van der Waals surface area (Å²) in [6, 6.07) is 0. The van der Waals surface area contributed by atoms with Gasteiger partial charge in [0.05, 0.1) is 12.5 Å². The summed E-state index contributed by atoms with van der Waals surface area (Å²) in [5, 5.41) is 3.32. The van der Waals surface area contributed by atoms with Crippen LogP contribution in [0.3, 0.4) is 0 Å². The van der Waals surface area contributed by atoms with E-state index in [9.17, 15) is 9.59 Å². The van der Waals surface area contributed by atoms with Crippen molar-refractivity contribution >= 4 is 11.8 Å². The molecule has 2 amide bonds. The Kier molecular flexibility index (Phi) is 6.49. The Morgan fingerprint density at radius 2 is 1.54 bits per heavy atom. The third-order valence-electron chi connectivity index (χ3n) is 5.65. The van der Waals surface area contributed by atoms with Crippen LogP contribution in [0.15, 0.2) is 0 Å². The summed E-state index contributed by atoms with van der Waals surface area (Å²) in [7, 11) is 0. The predicted octanol–water partition coefficient (Wildman–Crippen LogP) is 0.533. The molecular formula is C18H32N4O2. The Labute approximate surface area is 145 Å². The largest absolute Gasteiger partial charge is 0.342 e. The Balaban J connectivity index is 1.41. The van der Waals surface area contributed by atoms with Gasteiger partial charge in [0.2, 0.25) is 11.8 Å². The number of carbonyl (C=O) groups excluding carboxylic acids is 2. The summed E-state index contributed by atoms with van der Waals surface area (Å²) in [4.78, 5) is 31.3. The molecule has 0 aliphatic carbocycles. The molecule has 0 aromatic rings. The minimum absolute atomic E-state index is 0.157. The van der Waals surface area contributed by atoms with Crippen LogP contribution >= 0.6 is 0 Å². The third kappa shape index (κ3) is 4.70. The Morgan fingerprint density at radius 1 is 0.833 bits per heavy atom. The van der Waals surface area contributed by atoms with Crippen molar-refractivity contribution in [2.45, 2.75) is 38.5 Å². The molecule has 3 aliphatic heterocycles. The van der Waals surface area contributed by atoms with E-state index in [0.29, 0.717) is 12.5 Å². The van der Waals surface area contributed by atoms with Gasteiger partial charge in [0.15, 0.2) is 0 Å². The van der Waals surface area contributed by atoms with Gasteiger partial charge < -0.3 is 15.1 Å². The molecule has 1 N–H and O–H groups in total. The maximum atomic E-state index is 12.6. The van der Waals surface area contributed by atoms with Gasteiger partial charge in [-0.2, -0.15) is 0 Å². The number of piperidine rings is 1. The molecule has 3 saturated heterocycles. The fraction of sp³-hybridized carbons (Fsp3) is 0.889. The maximum absolute atomic E-state index is 12.6. The maximum Gasteiger partial charge on any atom is 0.236 e. The van der Waals surface area contributed by atoms with Crippen molar-refractivity contribution in [1.29, 1.82) is 0 Å². The standard InChI is InChI=1S/C18H32N4O2/c23-17(21-8-3-1-2-4-9-21)15-20-10-12-22(13-11-20)18(24)16-6-5-7-19-14-16/h16,19H,1-15H2. The second-order valence-electron chi connectivity index (χ2n) is 7.44. The van der Waals surface area contributed by atoms with Crippen molar-refractivity contribution < 1.29 is 9.59 Å². The summed E-state index contributed by atoms with van der Waals surface area (Å²) in [6.45, 7) is 7.41. The Bertz CT molecular complexity index is 421. The van der Waals surface area contributed by atoms with Gasteiger partial charge in [-0.05, 0) is 32.2 Å². The number of hydrogen-bond donors (Lipinski definition) is 1. The van der Waals surface area contributed by atoms with Crippen LogP contribution in [-0.4, -0.2) is 85.4 Å². The van der Waals surface area contributed by atoms with Gasteiger partial charge in [0, 0.05) is 45.8 Å². The molecular weight excluding hydrogens is 304 g/mol. The van der Waals surface area contributed by atoms with Gasteiger partial charge in [-0.15, -0.1) is 0 Å². The summed E-state index contributed by atoms with van der Waals surface area (Å²) >= 11 is 0. The molecule has 0 aromatic carbocycles. The van der Waals surface area contributed by atoms with E-state index in [1.807, 2.05) is 9.80 Å². The first-order valence-electron chi connectivity index (χ1n) is 9.73. The lowest BCUT2D eigenvalue weighted by Gasteiger charge is -2.37. The third-order valence-corrected chi connectivity index (χ3v) is 5.65. The molecule has 3 rings (SSSR count). The monoisotopic (exact) mass is 336 g/mol. The Hall–Kier alpha value is -1.14. The van der Waals surface area contributed by atoms with Gasteiger partial charge in [-0.1, -0.05) is 12.8 Å². The highest BCUT2D eigenvalue weighted by Gasteiger charge is 2.29. The number of carbonyl (C=O) groups is 2. The van der Waals surface area contributed by atoms with Gasteiger partial charge >= 0.3 is 0 Å². The summed E-state index contributed by atoms with van der Waals surface area (Å²) < 4.78 is 0. The molecule has 136 valence electrons. The van der Waals surface area contributed by atoms with Crippen LogP contribution in [0, 0.1) is 5.92 Å². The molecule has 3 fully saturated rings. The lowest BCUT2D eigenvalue weighted by molar-refractivity contribution is -0.138. The first-order valence-corrected chi connectivity index (χ1v) is 9.73. The number of piperazine rings is 1. The second kappa shape index (κ2) is 8.81. The second-order valence-corrected chi connectivity index (χ2v) is 7.44. The van der Waals surface area contributed by atoms with Crippen LogP contribution in [-0.2, 0) is 9.59 Å². The van der Waals surface area contributed by atoms with Crippen LogP contribution in [0.4, 0.5) is 0 Å². The number of rotatable bonds is 3. The number of likely N-dealkylation sites (tertiary alicyclic amines) is 1. The van der Waals surface area contributed by atoms with Crippen LogP contribution in [0.5, 0.6) is 0 Å². The van der Waals surface area contributed by atoms with Crippen LogP contribution in [0.1, 0.15) is 38.5 Å². The fourth-order valence-electron chi connectivity index (χ4n) is 4.06. The highest BCUT2D eigenvalue weighted by atomic mass is 16.2. The minimum Gasteiger partial charge on any atom is -0.342 e. The van der Waals surface area contributed by atoms with E-state index in [1.165, 1.54) is 12.8 Å². The average Bonchev–Trinajstić information content (AvgIpc) is 2.92. The summed E-state index contributed by atoms with van der Waals surface area (Å²) in [5.74, 6) is 0.734. The van der Waals surface area contributed by atoms with Crippen molar-refractivity contribution in [2.75, 3.05) is 58.9 Å². The van der Waals surface area contributed by atoms with E-state index in [4.69, 9.17) is 0 Å². The number of nitrogens with one attached hydrogen (secondary N) is 1. The van der Waals surface area contributed by atoms with Gasteiger partial charge in [0.1, 0.15) is 0 Å². The molecule has 0 radical (unpaired) electrons. The minimum atomic E-state index is 0.157. The van der Waals surface area contributed by atoms with Gasteiger partial charge in [-0.3, -0.25) is 14.5 Å². The highest BCUT2D eigenvalue weighted by molar-refractivity contribution is 5.80. The van der Waals surface area contributed by atoms with E-state index in [-0.39, 0.29) is 11.8 Å². The molecule has 1 atom stereocenters. The van der Waals surface area contributed by atoms with E-state index in [1.54, 1.807) is 0 Å². The first kappa shape index (κ1) is 17.7. The van der Waals surface area contributed by atoms with E-state index >= 15 is 0 Å². The summed E-state index contributed by atoms with van der Waals surface area (Å²) in [5.41, 5.74) is 0. The van der Waals surface area contributed by atoms with Crippen molar-refractivity contribution in [3.05, 3.63) is 0 Å². The molecule has 3 heterocycles. The lowest BCUT2D eigenvalue weighted by Crippen LogP contribution is -2.54. The Morgan fingerprint density at radius 3 is 2.17 bits per heavy atom. The van der Waals surface area contributed by atoms with Gasteiger partial charge in [0.25, 0.3) is 0 Å². The molecule has 6 nitrogen and oxygen atoms in total. The van der Waals surface area contributed by atoms with Crippen LogP contribution in [0.2, 0.25) is 0 Å². The zero-order chi connectivity index (χ0) is 16.8. The quantitative estimate of drug-likeness (QED) is 0.817. The smallest absolute Gasteiger partial charge is 0.236 e. The highest BCUT2D eigenvalue weighted by Crippen LogP contribution is 2.15. The zero-order valence-corrected chi connectivity index (χ0v) is 14.8. The first-order chi connectivity index (χ1) is 11.7. The zero-order valence-electron chi connectivity index (χ0n) is 14.8. The van der Waals surface area contributed by atoms with Gasteiger partial charge in [-0.25, -0.2) is 0 Å². The number of amides is 2. The average molecular weight is 336 g/mol. The van der Waals surface area contributed by atoms with Crippen molar-refractivity contribution in [2.24, 2.45) is 5.92 Å². The van der Waals surface area contributed by atoms with Crippen molar-refractivity contribution in [3.8, 4) is 0 Å². The predicted molar refractivity (Wildman–Crippen MR) is 93.7 cm³/mol. The molecule has 3 aliphatic rings. The number of nitrogens with zero attached hydrogens (tertiary/aromatic N) is 3. The number of hydrogen-bond acceptors (Lipinski definition) is 4.